The first-order valence-corrected chi connectivity index (χ1v) is 10.8. The Morgan fingerprint density at radius 2 is 1.61 bits per heavy atom. The second kappa shape index (κ2) is 7.56. The average Bonchev–Trinajstić information content (AvgIpc) is 3.08. The van der Waals surface area contributed by atoms with E-state index in [1.54, 1.807) is 11.3 Å². The van der Waals surface area contributed by atoms with Gasteiger partial charge in [-0.2, -0.15) is 0 Å². The van der Waals surface area contributed by atoms with Crippen molar-refractivity contribution < 1.29 is 9.53 Å². The van der Waals surface area contributed by atoms with Crippen molar-refractivity contribution in [3.63, 3.8) is 0 Å². The SMILES string of the molecule is CC(C)(C)c1ccc(OC(=O)c2c(-c3ccccc3)sc3c2CCCC3)cc1. The van der Waals surface area contributed by atoms with Crippen LogP contribution in [0.15, 0.2) is 54.6 Å². The van der Waals surface area contributed by atoms with Gasteiger partial charge in [-0.15, -0.1) is 11.3 Å². The molecule has 3 aromatic rings. The Bertz CT molecular complexity index is 976. The third-order valence-electron chi connectivity index (χ3n) is 5.34. The van der Waals surface area contributed by atoms with E-state index in [0.29, 0.717) is 5.75 Å². The first-order chi connectivity index (χ1) is 13.4. The standard InChI is InChI=1S/C25H26O2S/c1-25(2,3)18-13-15-19(16-14-18)27-24(26)22-20-11-7-8-12-21(20)28-23(22)17-9-5-4-6-10-17/h4-6,9-10,13-16H,7-8,11-12H2,1-3H3. The fourth-order valence-corrected chi connectivity index (χ4v) is 5.14. The fourth-order valence-electron chi connectivity index (χ4n) is 3.76. The molecule has 1 heterocycles. The second-order valence-electron chi connectivity index (χ2n) is 8.44. The minimum absolute atomic E-state index is 0.0788. The van der Waals surface area contributed by atoms with Gasteiger partial charge in [-0.25, -0.2) is 4.79 Å². The van der Waals surface area contributed by atoms with E-state index >= 15 is 0 Å². The van der Waals surface area contributed by atoms with E-state index in [-0.39, 0.29) is 11.4 Å². The van der Waals surface area contributed by atoms with Crippen molar-refractivity contribution in [2.75, 3.05) is 0 Å². The van der Waals surface area contributed by atoms with Gasteiger partial charge in [-0.05, 0) is 59.9 Å². The highest BCUT2D eigenvalue weighted by atomic mass is 32.1. The molecule has 144 valence electrons. The van der Waals surface area contributed by atoms with Crippen molar-refractivity contribution in [2.45, 2.75) is 51.9 Å². The van der Waals surface area contributed by atoms with E-state index in [1.165, 1.54) is 22.4 Å². The molecule has 2 nitrogen and oxygen atoms in total. The Morgan fingerprint density at radius 3 is 2.29 bits per heavy atom. The number of carbonyl (C=O) groups is 1. The molecule has 0 N–H and O–H groups in total. The summed E-state index contributed by atoms with van der Waals surface area (Å²) in [6.45, 7) is 6.54. The van der Waals surface area contributed by atoms with Crippen molar-refractivity contribution in [1.82, 2.24) is 0 Å². The van der Waals surface area contributed by atoms with Gasteiger partial charge in [-0.1, -0.05) is 63.2 Å². The number of ether oxygens (including phenoxy) is 1. The highest BCUT2D eigenvalue weighted by molar-refractivity contribution is 7.16. The quantitative estimate of drug-likeness (QED) is 0.363. The van der Waals surface area contributed by atoms with Crippen molar-refractivity contribution in [2.24, 2.45) is 0 Å². The van der Waals surface area contributed by atoms with Crippen LogP contribution in [0.4, 0.5) is 0 Å². The van der Waals surface area contributed by atoms with Crippen LogP contribution in [0, 0.1) is 0 Å². The summed E-state index contributed by atoms with van der Waals surface area (Å²) in [5, 5.41) is 0. The summed E-state index contributed by atoms with van der Waals surface area (Å²) in [7, 11) is 0. The maximum Gasteiger partial charge on any atom is 0.345 e. The minimum Gasteiger partial charge on any atom is -0.423 e. The van der Waals surface area contributed by atoms with Gasteiger partial charge in [0.2, 0.25) is 0 Å². The molecule has 0 radical (unpaired) electrons. The van der Waals surface area contributed by atoms with Crippen LogP contribution >= 0.6 is 11.3 Å². The molecule has 28 heavy (non-hydrogen) atoms. The van der Waals surface area contributed by atoms with E-state index in [4.69, 9.17) is 4.74 Å². The summed E-state index contributed by atoms with van der Waals surface area (Å²) < 4.78 is 5.82. The third kappa shape index (κ3) is 3.77. The lowest BCUT2D eigenvalue weighted by Crippen LogP contribution is -2.14. The molecule has 1 aliphatic carbocycles. The molecular weight excluding hydrogens is 364 g/mol. The molecule has 0 fully saturated rings. The highest BCUT2D eigenvalue weighted by Crippen LogP contribution is 2.41. The summed E-state index contributed by atoms with van der Waals surface area (Å²) in [6, 6.07) is 18.1. The van der Waals surface area contributed by atoms with Crippen molar-refractivity contribution >= 4 is 17.3 Å². The zero-order chi connectivity index (χ0) is 19.7. The Balaban J connectivity index is 1.68. The zero-order valence-corrected chi connectivity index (χ0v) is 17.6. The first-order valence-electron chi connectivity index (χ1n) is 9.96. The van der Waals surface area contributed by atoms with Gasteiger partial charge in [0, 0.05) is 9.75 Å². The zero-order valence-electron chi connectivity index (χ0n) is 16.7. The fraction of sp³-hybridized carbons (Fsp3) is 0.320. The third-order valence-corrected chi connectivity index (χ3v) is 6.68. The molecule has 3 heteroatoms. The molecule has 0 saturated carbocycles. The predicted molar refractivity (Wildman–Crippen MR) is 116 cm³/mol. The van der Waals surface area contributed by atoms with E-state index in [2.05, 4.69) is 32.9 Å². The maximum atomic E-state index is 13.2. The Labute approximate surface area is 171 Å². The molecule has 1 aliphatic rings. The van der Waals surface area contributed by atoms with Gasteiger partial charge in [0.15, 0.2) is 0 Å². The molecular formula is C25H26O2S. The molecule has 0 aliphatic heterocycles. The van der Waals surface area contributed by atoms with Gasteiger partial charge >= 0.3 is 5.97 Å². The predicted octanol–water partition coefficient (Wildman–Crippen LogP) is 6.81. The first kappa shape index (κ1) is 18.9. The van der Waals surface area contributed by atoms with Crippen LogP contribution in [0.3, 0.4) is 0 Å². The number of carbonyl (C=O) groups excluding carboxylic acids is 1. The van der Waals surface area contributed by atoms with Gasteiger partial charge in [0.1, 0.15) is 5.75 Å². The van der Waals surface area contributed by atoms with Crippen molar-refractivity contribution in [3.8, 4) is 16.2 Å². The monoisotopic (exact) mass is 390 g/mol. The second-order valence-corrected chi connectivity index (χ2v) is 9.55. The number of fused-ring (bicyclic) bond motifs is 1. The van der Waals surface area contributed by atoms with Gasteiger partial charge in [0.05, 0.1) is 5.56 Å². The van der Waals surface area contributed by atoms with Crippen LogP contribution in [0.25, 0.3) is 10.4 Å². The molecule has 2 aromatic carbocycles. The molecule has 4 rings (SSSR count). The number of rotatable bonds is 3. The molecule has 0 bridgehead atoms. The molecule has 0 unspecified atom stereocenters. The molecule has 0 amide bonds. The van der Waals surface area contributed by atoms with E-state index < -0.39 is 0 Å². The number of esters is 1. The normalized spacial score (nSPS) is 13.8. The van der Waals surface area contributed by atoms with Crippen molar-refractivity contribution in [1.29, 1.82) is 0 Å². The number of thiophene rings is 1. The Kier molecular flexibility index (Phi) is 5.11. The summed E-state index contributed by atoms with van der Waals surface area (Å²) >= 11 is 1.76. The highest BCUT2D eigenvalue weighted by Gasteiger charge is 2.27. The largest absolute Gasteiger partial charge is 0.423 e. The van der Waals surface area contributed by atoms with Crippen LogP contribution < -0.4 is 4.74 Å². The molecule has 0 spiro atoms. The van der Waals surface area contributed by atoms with Crippen LogP contribution in [-0.4, -0.2) is 5.97 Å². The summed E-state index contributed by atoms with van der Waals surface area (Å²) in [5.41, 5.74) is 4.37. The summed E-state index contributed by atoms with van der Waals surface area (Å²) in [5.74, 6) is 0.370. The van der Waals surface area contributed by atoms with Crippen LogP contribution in [0.1, 0.15) is 60.0 Å². The number of hydrogen-bond donors (Lipinski definition) is 0. The maximum absolute atomic E-state index is 13.2. The topological polar surface area (TPSA) is 26.3 Å². The average molecular weight is 391 g/mol. The van der Waals surface area contributed by atoms with Gasteiger partial charge in [-0.3, -0.25) is 0 Å². The van der Waals surface area contributed by atoms with Crippen LogP contribution in [0.5, 0.6) is 5.75 Å². The lowest BCUT2D eigenvalue weighted by molar-refractivity contribution is 0.0734. The lowest BCUT2D eigenvalue weighted by atomic mass is 9.87. The van der Waals surface area contributed by atoms with Gasteiger partial charge < -0.3 is 4.74 Å². The van der Waals surface area contributed by atoms with Crippen LogP contribution in [-0.2, 0) is 18.3 Å². The van der Waals surface area contributed by atoms with Crippen LogP contribution in [0.2, 0.25) is 0 Å². The van der Waals surface area contributed by atoms with E-state index in [9.17, 15) is 4.79 Å². The summed E-state index contributed by atoms with van der Waals surface area (Å²) in [6.07, 6.45) is 4.36. The smallest absolute Gasteiger partial charge is 0.345 e. The molecule has 1 aromatic heterocycles. The summed E-state index contributed by atoms with van der Waals surface area (Å²) in [4.78, 5) is 15.6. The Morgan fingerprint density at radius 1 is 0.929 bits per heavy atom. The lowest BCUT2D eigenvalue weighted by Gasteiger charge is -2.19. The molecule has 0 atom stereocenters. The van der Waals surface area contributed by atoms with E-state index in [0.717, 1.165) is 35.3 Å². The van der Waals surface area contributed by atoms with E-state index in [1.807, 2.05) is 42.5 Å². The number of benzene rings is 2. The van der Waals surface area contributed by atoms with Crippen molar-refractivity contribution in [3.05, 3.63) is 76.2 Å². The number of aryl methyl sites for hydroxylation is 1. The Hall–Kier alpha value is -2.39. The minimum atomic E-state index is -0.234. The molecule has 0 saturated heterocycles. The number of hydrogen-bond acceptors (Lipinski definition) is 3. The van der Waals surface area contributed by atoms with Gasteiger partial charge in [0.25, 0.3) is 0 Å².